The third-order valence-electron chi connectivity index (χ3n) is 9.13. The fraction of sp³-hybridized carbons (Fsp3) is 0.463. The van der Waals surface area contributed by atoms with Crippen molar-refractivity contribution >= 4 is 16.8 Å². The Bertz CT molecular complexity index is 1470. The lowest BCUT2D eigenvalue weighted by molar-refractivity contribution is 0.0565. The fourth-order valence-electron chi connectivity index (χ4n) is 7.31. The third kappa shape index (κ3) is 8.43. The maximum absolute atomic E-state index is 12.7. The van der Waals surface area contributed by atoms with Gasteiger partial charge in [0.2, 0.25) is 0 Å². The highest BCUT2D eigenvalue weighted by Crippen LogP contribution is 2.42. The van der Waals surface area contributed by atoms with E-state index in [9.17, 15) is 4.39 Å². The predicted molar refractivity (Wildman–Crippen MR) is 190 cm³/mol. The molecule has 3 aromatic rings. The Balaban J connectivity index is 0.00000276. The standard InChI is InChI=1S/C40H50FNO.CH4.H2/c1-27-12-20-36(28(2)23-27)38-11-7-10-34-26-35(42-29(3)43-40(4,5)6)19-21-37(34)39(38)33-17-15-31(16-18-33)25-32-14-13-30(24-32)9-8-22-41;;/h12,15-21,23,26,30,32,42H,3,7-11,13-14,22,24-25H2,1-2,4-6H3;1H4;1H. The number of benzene rings is 3. The van der Waals surface area contributed by atoms with Crippen molar-refractivity contribution in [3.63, 3.8) is 0 Å². The molecule has 1 N–H and O–H groups in total. The van der Waals surface area contributed by atoms with Gasteiger partial charge in [0.15, 0.2) is 5.88 Å². The van der Waals surface area contributed by atoms with Crippen LogP contribution in [0.5, 0.6) is 0 Å². The molecule has 1 saturated carbocycles. The van der Waals surface area contributed by atoms with E-state index in [0.717, 1.165) is 50.1 Å². The van der Waals surface area contributed by atoms with Crippen LogP contribution in [0.1, 0.15) is 114 Å². The maximum atomic E-state index is 12.7. The highest BCUT2D eigenvalue weighted by Gasteiger charge is 2.25. The smallest absolute Gasteiger partial charge is 0.184 e. The Morgan fingerprint density at radius 2 is 1.68 bits per heavy atom. The molecule has 0 amide bonds. The van der Waals surface area contributed by atoms with Gasteiger partial charge < -0.3 is 10.1 Å². The van der Waals surface area contributed by atoms with E-state index >= 15 is 0 Å². The third-order valence-corrected chi connectivity index (χ3v) is 9.13. The molecule has 5 rings (SSSR count). The molecule has 0 aromatic heterocycles. The maximum Gasteiger partial charge on any atom is 0.184 e. The van der Waals surface area contributed by atoms with Gasteiger partial charge in [0.05, 0.1) is 6.67 Å². The van der Waals surface area contributed by atoms with Crippen LogP contribution in [0.25, 0.3) is 11.1 Å². The van der Waals surface area contributed by atoms with Gasteiger partial charge in [0.25, 0.3) is 0 Å². The van der Waals surface area contributed by atoms with E-state index < -0.39 is 0 Å². The summed E-state index contributed by atoms with van der Waals surface area (Å²) in [7, 11) is 0. The average molecular weight is 598 g/mol. The van der Waals surface area contributed by atoms with Crippen molar-refractivity contribution in [2.24, 2.45) is 11.8 Å². The first-order valence-corrected chi connectivity index (χ1v) is 16.3. The van der Waals surface area contributed by atoms with E-state index in [0.29, 0.717) is 11.8 Å². The van der Waals surface area contributed by atoms with Crippen molar-refractivity contribution in [2.45, 2.75) is 105 Å². The lowest BCUT2D eigenvalue weighted by atomic mass is 9.85. The molecular weight excluding hydrogens is 541 g/mol. The summed E-state index contributed by atoms with van der Waals surface area (Å²) < 4.78 is 18.6. The molecule has 2 unspecified atom stereocenters. The summed E-state index contributed by atoms with van der Waals surface area (Å²) in [6.07, 6.45) is 9.86. The van der Waals surface area contributed by atoms with Gasteiger partial charge in [-0.25, -0.2) is 0 Å². The number of hydrogen-bond acceptors (Lipinski definition) is 2. The van der Waals surface area contributed by atoms with Gasteiger partial charge in [-0.15, -0.1) is 0 Å². The molecule has 2 nitrogen and oxygen atoms in total. The zero-order valence-electron chi connectivity index (χ0n) is 27.0. The average Bonchev–Trinajstić information content (AvgIpc) is 3.30. The van der Waals surface area contributed by atoms with Crippen LogP contribution in [0, 0.1) is 25.7 Å². The van der Waals surface area contributed by atoms with E-state index in [1.165, 1.54) is 69.4 Å². The molecule has 0 saturated heterocycles. The Hall–Kier alpha value is -3.33. The molecule has 2 atom stereocenters. The quantitative estimate of drug-likeness (QED) is 0.235. The van der Waals surface area contributed by atoms with Crippen molar-refractivity contribution in [3.8, 4) is 0 Å². The largest absolute Gasteiger partial charge is 0.474 e. The number of nitrogens with one attached hydrogen (secondary N) is 1. The van der Waals surface area contributed by atoms with Gasteiger partial charge in [-0.2, -0.15) is 0 Å². The van der Waals surface area contributed by atoms with Crippen LogP contribution in [0.4, 0.5) is 10.1 Å². The second kappa shape index (κ2) is 14.6. The molecule has 0 heterocycles. The number of allylic oxidation sites excluding steroid dienone is 1. The van der Waals surface area contributed by atoms with Crippen LogP contribution < -0.4 is 5.32 Å². The minimum Gasteiger partial charge on any atom is -0.474 e. The zero-order chi connectivity index (χ0) is 30.6. The summed E-state index contributed by atoms with van der Waals surface area (Å²) >= 11 is 0. The van der Waals surface area contributed by atoms with E-state index in [2.05, 4.69) is 86.4 Å². The normalized spacial score (nSPS) is 18.3. The molecule has 0 aliphatic heterocycles. The van der Waals surface area contributed by atoms with Crippen LogP contribution in [0.2, 0.25) is 0 Å². The number of fused-ring (bicyclic) bond motifs is 1. The fourth-order valence-corrected chi connectivity index (χ4v) is 7.31. The summed E-state index contributed by atoms with van der Waals surface area (Å²) in [4.78, 5) is 0. The SMILES string of the molecule is C.C=C(Nc1ccc2c(c1)CCCC(c1ccc(C)cc1C)=C2c1ccc(CC2CCC(CCCF)C2)cc1)OC(C)(C)C.[HH]. The number of alkyl halides is 1. The van der Waals surface area contributed by atoms with Crippen LogP contribution in [-0.2, 0) is 17.6 Å². The first kappa shape index (κ1) is 33.6. The molecular formula is C41H56FNO. The van der Waals surface area contributed by atoms with Crippen LogP contribution in [0.15, 0.2) is 73.1 Å². The first-order valence-electron chi connectivity index (χ1n) is 16.3. The minimum absolute atomic E-state index is 0. The molecule has 0 bridgehead atoms. The first-order chi connectivity index (χ1) is 20.6. The van der Waals surface area contributed by atoms with Gasteiger partial charge in [-0.1, -0.05) is 67.9 Å². The summed E-state index contributed by atoms with van der Waals surface area (Å²) in [5.74, 6) is 2.01. The number of rotatable bonds is 10. The highest BCUT2D eigenvalue weighted by molar-refractivity contribution is 6.00. The Kier molecular flexibility index (Phi) is 11.2. The lowest BCUT2D eigenvalue weighted by Crippen LogP contribution is -2.21. The molecule has 238 valence electrons. The molecule has 0 spiro atoms. The minimum atomic E-state index is -0.298. The number of hydrogen-bond donors (Lipinski definition) is 1. The zero-order valence-corrected chi connectivity index (χ0v) is 27.0. The number of aryl methyl sites for hydroxylation is 3. The number of anilines is 1. The molecule has 0 radical (unpaired) electrons. The van der Waals surface area contributed by atoms with Gasteiger partial charge in [0.1, 0.15) is 5.60 Å². The van der Waals surface area contributed by atoms with Crippen molar-refractivity contribution < 1.29 is 10.6 Å². The highest BCUT2D eigenvalue weighted by atomic mass is 19.1. The van der Waals surface area contributed by atoms with E-state index in [-0.39, 0.29) is 21.1 Å². The Morgan fingerprint density at radius 3 is 2.39 bits per heavy atom. The second-order valence-electron chi connectivity index (χ2n) is 13.9. The second-order valence-corrected chi connectivity index (χ2v) is 13.9. The molecule has 2 aliphatic carbocycles. The van der Waals surface area contributed by atoms with Crippen molar-refractivity contribution in [2.75, 3.05) is 12.0 Å². The van der Waals surface area contributed by atoms with Crippen molar-refractivity contribution in [1.29, 1.82) is 0 Å². The van der Waals surface area contributed by atoms with Gasteiger partial charge in [0, 0.05) is 7.11 Å². The van der Waals surface area contributed by atoms with Gasteiger partial charge in [-0.3, -0.25) is 4.39 Å². The monoisotopic (exact) mass is 597 g/mol. The van der Waals surface area contributed by atoms with Gasteiger partial charge >= 0.3 is 0 Å². The predicted octanol–water partition coefficient (Wildman–Crippen LogP) is 11.9. The Labute approximate surface area is 268 Å². The summed E-state index contributed by atoms with van der Waals surface area (Å²) in [5, 5.41) is 3.39. The van der Waals surface area contributed by atoms with Crippen molar-refractivity contribution in [3.05, 3.63) is 112 Å². The topological polar surface area (TPSA) is 21.3 Å². The van der Waals surface area contributed by atoms with Crippen LogP contribution in [-0.4, -0.2) is 12.3 Å². The van der Waals surface area contributed by atoms with Crippen LogP contribution >= 0.6 is 0 Å². The number of halogens is 1. The van der Waals surface area contributed by atoms with Crippen LogP contribution in [0.3, 0.4) is 0 Å². The Morgan fingerprint density at radius 1 is 0.955 bits per heavy atom. The summed E-state index contributed by atoms with van der Waals surface area (Å²) in [6, 6.07) is 23.0. The van der Waals surface area contributed by atoms with Gasteiger partial charge in [-0.05, 0) is 161 Å². The lowest BCUT2D eigenvalue weighted by Gasteiger charge is -2.24. The summed E-state index contributed by atoms with van der Waals surface area (Å²) in [6.45, 7) is 14.5. The van der Waals surface area contributed by atoms with E-state index in [1.807, 2.05) is 20.8 Å². The molecule has 2 aliphatic rings. The molecule has 1 fully saturated rings. The van der Waals surface area contributed by atoms with E-state index in [1.54, 1.807) is 0 Å². The van der Waals surface area contributed by atoms with Crippen molar-refractivity contribution in [1.82, 2.24) is 0 Å². The molecule has 3 aromatic carbocycles. The number of ether oxygens (including phenoxy) is 1. The molecule has 44 heavy (non-hydrogen) atoms. The summed E-state index contributed by atoms with van der Waals surface area (Å²) in [5.41, 5.74) is 12.9. The molecule has 3 heteroatoms. The van der Waals surface area contributed by atoms with E-state index in [4.69, 9.17) is 4.74 Å².